The van der Waals surface area contributed by atoms with Crippen LogP contribution in [0.15, 0.2) is 52.1 Å². The quantitative estimate of drug-likeness (QED) is 0.431. The van der Waals surface area contributed by atoms with E-state index in [0.29, 0.717) is 38.8 Å². The van der Waals surface area contributed by atoms with Gasteiger partial charge in [-0.25, -0.2) is 0 Å². The zero-order valence-corrected chi connectivity index (χ0v) is 20.3. The van der Waals surface area contributed by atoms with Crippen LogP contribution in [0.5, 0.6) is 17.2 Å². The van der Waals surface area contributed by atoms with Crippen molar-refractivity contribution in [1.82, 2.24) is 4.90 Å². The summed E-state index contributed by atoms with van der Waals surface area (Å²) < 4.78 is 27.2. The van der Waals surface area contributed by atoms with Crippen LogP contribution in [0.3, 0.4) is 0 Å². The van der Waals surface area contributed by atoms with E-state index in [2.05, 4.69) is 0 Å². The second-order valence-electron chi connectivity index (χ2n) is 7.71. The van der Waals surface area contributed by atoms with Gasteiger partial charge in [0.25, 0.3) is 5.91 Å². The van der Waals surface area contributed by atoms with Gasteiger partial charge < -0.3 is 33.4 Å². The van der Waals surface area contributed by atoms with Crippen molar-refractivity contribution < 1.29 is 38.1 Å². The summed E-state index contributed by atoms with van der Waals surface area (Å²) in [4.78, 5) is 28.2. The SMILES string of the molecule is COCCN1C(=O)C(O)=C(C(=O)c2cc3cc(Cl)cc(OC)c3o2)C1c1cccc(OC)c1OC. The van der Waals surface area contributed by atoms with Gasteiger partial charge in [0.1, 0.15) is 0 Å². The fourth-order valence-electron chi connectivity index (χ4n) is 4.24. The van der Waals surface area contributed by atoms with Crippen LogP contribution in [0.2, 0.25) is 5.02 Å². The fourth-order valence-corrected chi connectivity index (χ4v) is 4.46. The van der Waals surface area contributed by atoms with E-state index in [1.165, 1.54) is 39.4 Å². The second-order valence-corrected chi connectivity index (χ2v) is 8.14. The Kier molecular flexibility index (Phi) is 6.90. The molecule has 35 heavy (non-hydrogen) atoms. The van der Waals surface area contributed by atoms with E-state index < -0.39 is 23.5 Å². The van der Waals surface area contributed by atoms with Crippen LogP contribution in [0, 0.1) is 0 Å². The molecule has 0 saturated heterocycles. The highest BCUT2D eigenvalue weighted by Gasteiger charge is 2.45. The molecule has 0 bridgehead atoms. The zero-order chi connectivity index (χ0) is 25.3. The number of para-hydroxylation sites is 1. The van der Waals surface area contributed by atoms with Gasteiger partial charge in [-0.3, -0.25) is 9.59 Å². The van der Waals surface area contributed by atoms with Crippen molar-refractivity contribution in [3.8, 4) is 17.2 Å². The highest BCUT2D eigenvalue weighted by Crippen LogP contribution is 2.45. The zero-order valence-electron chi connectivity index (χ0n) is 19.6. The fraction of sp³-hybridized carbons (Fsp3) is 0.280. The number of Topliss-reactive ketones (excluding diaryl/α,β-unsaturated/α-hetero) is 1. The number of aliphatic hydroxyl groups is 1. The Labute approximate surface area is 206 Å². The molecule has 9 nitrogen and oxygen atoms in total. The molecular formula is C25H24ClNO8. The first-order chi connectivity index (χ1) is 16.9. The number of nitrogens with zero attached hydrogens (tertiary/aromatic N) is 1. The number of benzene rings is 2. The summed E-state index contributed by atoms with van der Waals surface area (Å²) >= 11 is 6.15. The van der Waals surface area contributed by atoms with Crippen molar-refractivity contribution in [1.29, 1.82) is 0 Å². The molecule has 0 fully saturated rings. The number of methoxy groups -OCH3 is 4. The largest absolute Gasteiger partial charge is 0.503 e. The standard InChI is InChI=1S/C25H24ClNO8/c1-31-9-8-27-20(15-6-5-7-16(32-2)24(15)34-4)19(22(29)25(27)30)21(28)17-11-13-10-14(26)12-18(33-3)23(13)35-17/h5-7,10-12,20,29H,8-9H2,1-4H3. The summed E-state index contributed by atoms with van der Waals surface area (Å²) in [6.07, 6.45) is 0. The topological polar surface area (TPSA) is 108 Å². The first-order valence-corrected chi connectivity index (χ1v) is 11.0. The average molecular weight is 502 g/mol. The molecule has 1 amide bonds. The molecule has 2 aromatic carbocycles. The molecule has 0 saturated carbocycles. The van der Waals surface area contributed by atoms with Crippen LogP contribution in [-0.2, 0) is 9.53 Å². The molecule has 1 aromatic heterocycles. The summed E-state index contributed by atoms with van der Waals surface area (Å²) in [5, 5.41) is 11.8. The number of fused-ring (bicyclic) bond motifs is 1. The molecular weight excluding hydrogens is 478 g/mol. The van der Waals surface area contributed by atoms with E-state index in [1.54, 1.807) is 30.3 Å². The van der Waals surface area contributed by atoms with Gasteiger partial charge in [0.15, 0.2) is 34.4 Å². The first kappa shape index (κ1) is 24.4. The molecule has 1 atom stereocenters. The van der Waals surface area contributed by atoms with Crippen molar-refractivity contribution >= 4 is 34.3 Å². The smallest absolute Gasteiger partial charge is 0.290 e. The maximum absolute atomic E-state index is 13.7. The van der Waals surface area contributed by atoms with E-state index >= 15 is 0 Å². The lowest BCUT2D eigenvalue weighted by atomic mass is 9.94. The Morgan fingerprint density at radius 2 is 1.83 bits per heavy atom. The van der Waals surface area contributed by atoms with Crippen LogP contribution in [-0.4, -0.2) is 63.3 Å². The summed E-state index contributed by atoms with van der Waals surface area (Å²) in [7, 11) is 5.89. The Morgan fingerprint density at radius 3 is 2.49 bits per heavy atom. The average Bonchev–Trinajstić information content (AvgIpc) is 3.40. The number of rotatable bonds is 9. The highest BCUT2D eigenvalue weighted by molar-refractivity contribution is 6.31. The second kappa shape index (κ2) is 9.89. The maximum atomic E-state index is 13.7. The predicted molar refractivity (Wildman–Crippen MR) is 128 cm³/mol. The van der Waals surface area contributed by atoms with Gasteiger partial charge in [-0.2, -0.15) is 0 Å². The molecule has 1 unspecified atom stereocenters. The van der Waals surface area contributed by atoms with E-state index in [4.69, 9.17) is 35.0 Å². The number of hydrogen-bond donors (Lipinski definition) is 1. The van der Waals surface area contributed by atoms with Gasteiger partial charge in [0.2, 0.25) is 5.78 Å². The lowest BCUT2D eigenvalue weighted by molar-refractivity contribution is -0.130. The van der Waals surface area contributed by atoms with Gasteiger partial charge >= 0.3 is 0 Å². The minimum Gasteiger partial charge on any atom is -0.503 e. The van der Waals surface area contributed by atoms with Gasteiger partial charge in [-0.1, -0.05) is 23.7 Å². The Balaban J connectivity index is 1.88. The summed E-state index contributed by atoms with van der Waals surface area (Å²) in [6, 6.07) is 8.81. The maximum Gasteiger partial charge on any atom is 0.290 e. The summed E-state index contributed by atoms with van der Waals surface area (Å²) in [5.74, 6) is -1.06. The van der Waals surface area contributed by atoms with Crippen LogP contribution in [0.25, 0.3) is 11.0 Å². The van der Waals surface area contributed by atoms with E-state index in [9.17, 15) is 14.7 Å². The number of furan rings is 1. The molecule has 0 aliphatic carbocycles. The number of hydrogen-bond acceptors (Lipinski definition) is 8. The third kappa shape index (κ3) is 4.17. The van der Waals surface area contributed by atoms with E-state index in [-0.39, 0.29) is 24.5 Å². The molecule has 2 heterocycles. The van der Waals surface area contributed by atoms with Crippen LogP contribution >= 0.6 is 11.6 Å². The highest BCUT2D eigenvalue weighted by atomic mass is 35.5. The minimum atomic E-state index is -0.978. The third-order valence-corrected chi connectivity index (χ3v) is 6.02. The molecule has 3 aromatic rings. The number of ketones is 1. The lowest BCUT2D eigenvalue weighted by Crippen LogP contribution is -2.34. The molecule has 4 rings (SSSR count). The number of carbonyl (C=O) groups is 2. The van der Waals surface area contributed by atoms with Crippen LogP contribution < -0.4 is 14.2 Å². The molecule has 1 aliphatic rings. The third-order valence-electron chi connectivity index (χ3n) is 5.80. The summed E-state index contributed by atoms with van der Waals surface area (Å²) in [6.45, 7) is 0.300. The van der Waals surface area contributed by atoms with Crippen molar-refractivity contribution in [3.05, 3.63) is 64.1 Å². The van der Waals surface area contributed by atoms with Gasteiger partial charge in [0.05, 0.1) is 39.6 Å². The Morgan fingerprint density at radius 1 is 1.09 bits per heavy atom. The van der Waals surface area contributed by atoms with Crippen molar-refractivity contribution in [3.63, 3.8) is 0 Å². The van der Waals surface area contributed by atoms with Gasteiger partial charge in [-0.15, -0.1) is 0 Å². The van der Waals surface area contributed by atoms with Gasteiger partial charge in [0, 0.05) is 35.7 Å². The van der Waals surface area contributed by atoms with Gasteiger partial charge in [-0.05, 0) is 18.2 Å². The number of carbonyl (C=O) groups excluding carboxylic acids is 2. The Bertz CT molecular complexity index is 1330. The minimum absolute atomic E-state index is 0.0876. The molecule has 0 radical (unpaired) electrons. The first-order valence-electron chi connectivity index (χ1n) is 10.6. The van der Waals surface area contributed by atoms with Crippen molar-refractivity contribution in [2.45, 2.75) is 6.04 Å². The number of halogens is 1. The molecule has 1 aliphatic heterocycles. The van der Waals surface area contributed by atoms with Crippen molar-refractivity contribution in [2.75, 3.05) is 41.6 Å². The van der Waals surface area contributed by atoms with E-state index in [0.717, 1.165) is 0 Å². The molecule has 1 N–H and O–H groups in total. The van der Waals surface area contributed by atoms with Crippen molar-refractivity contribution in [2.24, 2.45) is 0 Å². The predicted octanol–water partition coefficient (Wildman–Crippen LogP) is 4.34. The number of amides is 1. The molecule has 184 valence electrons. The Hall–Kier alpha value is -3.69. The summed E-state index contributed by atoms with van der Waals surface area (Å²) in [5.41, 5.74) is 0.624. The van der Waals surface area contributed by atoms with E-state index in [1.807, 2.05) is 0 Å². The molecule has 10 heteroatoms. The monoisotopic (exact) mass is 501 g/mol. The normalized spacial score (nSPS) is 15.7. The van der Waals surface area contributed by atoms with Crippen LogP contribution in [0.4, 0.5) is 0 Å². The van der Waals surface area contributed by atoms with Crippen LogP contribution in [0.1, 0.15) is 22.2 Å². The number of ether oxygens (including phenoxy) is 4. The molecule has 0 spiro atoms. The number of aliphatic hydroxyl groups excluding tert-OH is 1. The lowest BCUT2D eigenvalue weighted by Gasteiger charge is -2.28.